The molecule has 8 nitrogen and oxygen atoms in total. The molecule has 0 radical (unpaired) electrons. The topological polar surface area (TPSA) is 117 Å². The Labute approximate surface area is 109 Å². The molecule has 2 aromatic rings. The van der Waals surface area contributed by atoms with Crippen LogP contribution in [0.25, 0.3) is 0 Å². The van der Waals surface area contributed by atoms with Crippen LogP contribution >= 0.6 is 0 Å². The van der Waals surface area contributed by atoms with Crippen molar-refractivity contribution in [2.24, 2.45) is 7.05 Å². The van der Waals surface area contributed by atoms with Crippen LogP contribution in [-0.2, 0) is 23.6 Å². The van der Waals surface area contributed by atoms with Gasteiger partial charge in [0.05, 0.1) is 12.2 Å². The molecule has 9 heteroatoms. The molecule has 3 N–H and O–H groups in total. The number of aromatic carboxylic acids is 1. The van der Waals surface area contributed by atoms with Gasteiger partial charge < -0.3 is 10.1 Å². The zero-order valence-corrected chi connectivity index (χ0v) is 10.8. The first-order valence-corrected chi connectivity index (χ1v) is 6.77. The second kappa shape index (κ2) is 4.86. The third-order valence-corrected chi connectivity index (χ3v) is 3.79. The van der Waals surface area contributed by atoms with E-state index in [9.17, 15) is 13.2 Å². The van der Waals surface area contributed by atoms with E-state index in [2.05, 4.69) is 14.8 Å². The highest BCUT2D eigenvalue weighted by Crippen LogP contribution is 2.11. The van der Waals surface area contributed by atoms with Gasteiger partial charge in [0.1, 0.15) is 10.6 Å². The van der Waals surface area contributed by atoms with Crippen LogP contribution in [0.5, 0.6) is 0 Å². The van der Waals surface area contributed by atoms with Gasteiger partial charge in [-0.2, -0.15) is 5.10 Å². The van der Waals surface area contributed by atoms with Crippen LogP contribution in [0.3, 0.4) is 0 Å². The quantitative estimate of drug-likeness (QED) is 0.710. The molecule has 2 heterocycles. The first-order chi connectivity index (χ1) is 8.88. The van der Waals surface area contributed by atoms with Crippen molar-refractivity contribution in [3.63, 3.8) is 0 Å². The molecule has 0 saturated heterocycles. The first-order valence-electron chi connectivity index (χ1n) is 5.28. The highest BCUT2D eigenvalue weighted by atomic mass is 32.2. The summed E-state index contributed by atoms with van der Waals surface area (Å²) in [5, 5.41) is 12.7. The van der Waals surface area contributed by atoms with Gasteiger partial charge in [0.15, 0.2) is 0 Å². The lowest BCUT2D eigenvalue weighted by atomic mass is 10.4. The van der Waals surface area contributed by atoms with Crippen molar-refractivity contribution in [1.82, 2.24) is 19.5 Å². The van der Waals surface area contributed by atoms with Crippen molar-refractivity contribution in [3.05, 3.63) is 35.9 Å². The fraction of sp³-hybridized carbons (Fsp3) is 0.200. The van der Waals surface area contributed by atoms with Crippen molar-refractivity contribution in [3.8, 4) is 0 Å². The molecule has 0 aromatic carbocycles. The van der Waals surface area contributed by atoms with Gasteiger partial charge >= 0.3 is 5.97 Å². The maximum absolute atomic E-state index is 11.9. The van der Waals surface area contributed by atoms with Crippen molar-refractivity contribution in [2.75, 3.05) is 0 Å². The molecule has 0 unspecified atom stereocenters. The molecule has 0 saturated carbocycles. The minimum atomic E-state index is -3.76. The van der Waals surface area contributed by atoms with Crippen molar-refractivity contribution >= 4 is 16.0 Å². The Balaban J connectivity index is 2.11. The maximum Gasteiger partial charge on any atom is 0.352 e. The summed E-state index contributed by atoms with van der Waals surface area (Å²) in [7, 11) is -2.03. The number of carboxylic acids is 1. The van der Waals surface area contributed by atoms with Gasteiger partial charge in [-0.25, -0.2) is 17.9 Å². The van der Waals surface area contributed by atoms with Gasteiger partial charge in [-0.15, -0.1) is 0 Å². The molecule has 0 aliphatic heterocycles. The monoisotopic (exact) mass is 284 g/mol. The predicted octanol–water partition coefficient (Wildman–Crippen LogP) is -0.0751. The normalized spacial score (nSPS) is 11.6. The Morgan fingerprint density at radius 2 is 2.32 bits per heavy atom. The number of hydrogen-bond donors (Lipinski definition) is 3. The highest BCUT2D eigenvalue weighted by molar-refractivity contribution is 7.89. The van der Waals surface area contributed by atoms with E-state index in [4.69, 9.17) is 5.11 Å². The number of aromatic amines is 1. The van der Waals surface area contributed by atoms with Gasteiger partial charge in [0.25, 0.3) is 0 Å². The summed E-state index contributed by atoms with van der Waals surface area (Å²) in [6.45, 7) is 0.0385. The van der Waals surface area contributed by atoms with E-state index in [-0.39, 0.29) is 17.1 Å². The summed E-state index contributed by atoms with van der Waals surface area (Å²) >= 11 is 0. The molecule has 2 aromatic heterocycles. The van der Waals surface area contributed by atoms with Crippen LogP contribution in [0, 0.1) is 0 Å². The third-order valence-electron chi connectivity index (χ3n) is 2.41. The van der Waals surface area contributed by atoms with Crippen molar-refractivity contribution in [1.29, 1.82) is 0 Å². The van der Waals surface area contributed by atoms with E-state index in [1.807, 2.05) is 0 Å². The van der Waals surface area contributed by atoms with E-state index < -0.39 is 16.0 Å². The van der Waals surface area contributed by atoms with Gasteiger partial charge in [0, 0.05) is 19.4 Å². The Morgan fingerprint density at radius 1 is 1.58 bits per heavy atom. The minimum absolute atomic E-state index is 0.0385. The molecule has 0 bridgehead atoms. The van der Waals surface area contributed by atoms with Crippen LogP contribution in [-0.4, -0.2) is 34.3 Å². The van der Waals surface area contributed by atoms with E-state index in [0.29, 0.717) is 5.69 Å². The zero-order chi connectivity index (χ0) is 14.0. The standard InChI is InChI=1S/C10H12N4O4S/c1-14-3-2-7(13-14)5-12-19(17,18)8-4-9(10(15)16)11-6-8/h2-4,6,11-12H,5H2,1H3,(H,15,16). The largest absolute Gasteiger partial charge is 0.477 e. The number of nitrogens with zero attached hydrogens (tertiary/aromatic N) is 2. The van der Waals surface area contributed by atoms with E-state index in [1.165, 1.54) is 0 Å². The average Bonchev–Trinajstić information content (AvgIpc) is 2.95. The van der Waals surface area contributed by atoms with Gasteiger partial charge in [-0.1, -0.05) is 0 Å². The van der Waals surface area contributed by atoms with Crippen molar-refractivity contribution < 1.29 is 18.3 Å². The lowest BCUT2D eigenvalue weighted by Gasteiger charge is -2.02. The Bertz CT molecular complexity index is 701. The summed E-state index contributed by atoms with van der Waals surface area (Å²) in [6, 6.07) is 2.74. The van der Waals surface area contributed by atoms with Crippen LogP contribution in [0.1, 0.15) is 16.2 Å². The molecule has 0 amide bonds. The lowest BCUT2D eigenvalue weighted by Crippen LogP contribution is -2.23. The average molecular weight is 284 g/mol. The highest BCUT2D eigenvalue weighted by Gasteiger charge is 2.18. The minimum Gasteiger partial charge on any atom is -0.477 e. The number of carboxylic acid groups (broad SMARTS) is 1. The zero-order valence-electron chi connectivity index (χ0n) is 9.99. The molecule has 102 valence electrons. The number of H-pyrrole nitrogens is 1. The Morgan fingerprint density at radius 3 is 2.84 bits per heavy atom. The second-order valence-electron chi connectivity index (χ2n) is 3.86. The molecule has 0 spiro atoms. The Hall–Kier alpha value is -2.13. The fourth-order valence-electron chi connectivity index (χ4n) is 1.46. The molecular formula is C10H12N4O4S. The first kappa shape index (κ1) is 13.3. The molecule has 2 rings (SSSR count). The second-order valence-corrected chi connectivity index (χ2v) is 5.63. The Kier molecular flexibility index (Phi) is 3.40. The van der Waals surface area contributed by atoms with E-state index in [1.54, 1.807) is 24.0 Å². The fourth-order valence-corrected chi connectivity index (χ4v) is 2.45. The van der Waals surface area contributed by atoms with Crippen LogP contribution < -0.4 is 4.72 Å². The molecular weight excluding hydrogens is 272 g/mol. The lowest BCUT2D eigenvalue weighted by molar-refractivity contribution is 0.0691. The smallest absolute Gasteiger partial charge is 0.352 e. The SMILES string of the molecule is Cn1ccc(CNS(=O)(=O)c2c[nH]c(C(=O)O)c2)n1. The molecule has 0 atom stereocenters. The summed E-state index contributed by atoms with van der Waals surface area (Å²) in [6.07, 6.45) is 2.83. The molecule has 19 heavy (non-hydrogen) atoms. The molecule has 0 aliphatic rings. The number of carbonyl (C=O) groups is 1. The van der Waals surface area contributed by atoms with E-state index in [0.717, 1.165) is 12.3 Å². The predicted molar refractivity (Wildman–Crippen MR) is 65.0 cm³/mol. The number of hydrogen-bond acceptors (Lipinski definition) is 4. The number of rotatable bonds is 5. The van der Waals surface area contributed by atoms with Crippen molar-refractivity contribution in [2.45, 2.75) is 11.4 Å². The summed E-state index contributed by atoms with van der Waals surface area (Å²) < 4.78 is 27.7. The molecule has 0 fully saturated rings. The maximum atomic E-state index is 11.9. The summed E-state index contributed by atoms with van der Waals surface area (Å²) in [5.41, 5.74) is 0.387. The van der Waals surface area contributed by atoms with E-state index >= 15 is 0 Å². The third kappa shape index (κ3) is 3.01. The van der Waals surface area contributed by atoms with Crippen LogP contribution in [0.15, 0.2) is 29.4 Å². The molecule has 0 aliphatic carbocycles. The van der Waals surface area contributed by atoms with Gasteiger partial charge in [0.2, 0.25) is 10.0 Å². The number of nitrogens with one attached hydrogen (secondary N) is 2. The summed E-state index contributed by atoms with van der Waals surface area (Å²) in [5.74, 6) is -1.22. The van der Waals surface area contributed by atoms with Crippen LogP contribution in [0.2, 0.25) is 0 Å². The van der Waals surface area contributed by atoms with Gasteiger partial charge in [-0.05, 0) is 12.1 Å². The number of aryl methyl sites for hydroxylation is 1. The number of aromatic nitrogens is 3. The number of sulfonamides is 1. The van der Waals surface area contributed by atoms with Gasteiger partial charge in [-0.3, -0.25) is 4.68 Å². The summed E-state index contributed by atoms with van der Waals surface area (Å²) in [4.78, 5) is 12.9. The van der Waals surface area contributed by atoms with Crippen LogP contribution in [0.4, 0.5) is 0 Å².